The number of H-pyrrole nitrogens is 1. The molecular weight excluding hydrogens is 407 g/mol. The molecule has 0 saturated carbocycles. The highest BCUT2D eigenvalue weighted by atomic mass is 35.5. The smallest absolute Gasteiger partial charge is 0.359 e. The summed E-state index contributed by atoms with van der Waals surface area (Å²) in [4.78, 5) is 17.9. The lowest BCUT2D eigenvalue weighted by Gasteiger charge is -2.35. The van der Waals surface area contributed by atoms with Crippen LogP contribution in [0.25, 0.3) is 11.5 Å². The van der Waals surface area contributed by atoms with Gasteiger partial charge in [-0.25, -0.2) is 0 Å². The fraction of sp³-hybridized carbons (Fsp3) is 0.316. The molecule has 2 aliphatic heterocycles. The maximum absolute atomic E-state index is 13.2. The Morgan fingerprint density at radius 2 is 2.00 bits per heavy atom. The van der Waals surface area contributed by atoms with E-state index in [2.05, 4.69) is 15.2 Å². The summed E-state index contributed by atoms with van der Waals surface area (Å²) in [7, 11) is 0. The zero-order chi connectivity index (χ0) is 20.3. The maximum atomic E-state index is 13.2. The molecule has 2 aliphatic rings. The number of rotatable bonds is 2. The van der Waals surface area contributed by atoms with Crippen molar-refractivity contribution >= 4 is 17.5 Å². The van der Waals surface area contributed by atoms with Gasteiger partial charge in [0, 0.05) is 12.7 Å². The summed E-state index contributed by atoms with van der Waals surface area (Å²) in [6, 6.07) is 6.67. The molecule has 1 fully saturated rings. The van der Waals surface area contributed by atoms with E-state index in [0.29, 0.717) is 24.6 Å². The fourth-order valence-corrected chi connectivity index (χ4v) is 4.61. The molecule has 0 spiro atoms. The molecule has 6 nitrogen and oxygen atoms in total. The van der Waals surface area contributed by atoms with Gasteiger partial charge in [0.1, 0.15) is 0 Å². The predicted molar refractivity (Wildman–Crippen MR) is 98.2 cm³/mol. The SMILES string of the molecule is O=C(c1cccc(C(F)(F)F)c1Cl)N1C2CCC1c1nnc(-c3ccc[nH]3)n1C2. The minimum absolute atomic E-state index is 0.143. The Morgan fingerprint density at radius 1 is 1.17 bits per heavy atom. The van der Waals surface area contributed by atoms with E-state index in [1.807, 2.05) is 16.7 Å². The predicted octanol–water partition coefficient (Wildman–Crippen LogP) is 4.30. The van der Waals surface area contributed by atoms with Crippen molar-refractivity contribution < 1.29 is 18.0 Å². The molecule has 2 aromatic heterocycles. The Morgan fingerprint density at radius 3 is 2.72 bits per heavy atom. The van der Waals surface area contributed by atoms with Gasteiger partial charge in [0.25, 0.3) is 5.91 Å². The van der Waals surface area contributed by atoms with Crippen molar-refractivity contribution in [1.82, 2.24) is 24.6 Å². The van der Waals surface area contributed by atoms with Crippen LogP contribution in [0.4, 0.5) is 13.2 Å². The molecule has 1 N–H and O–H groups in total. The van der Waals surface area contributed by atoms with Crippen LogP contribution in [0.5, 0.6) is 0 Å². The van der Waals surface area contributed by atoms with E-state index in [4.69, 9.17) is 11.6 Å². The van der Waals surface area contributed by atoms with Crippen LogP contribution in [0.15, 0.2) is 36.5 Å². The summed E-state index contributed by atoms with van der Waals surface area (Å²) < 4.78 is 41.6. The zero-order valence-corrected chi connectivity index (χ0v) is 15.7. The molecule has 150 valence electrons. The van der Waals surface area contributed by atoms with Crippen LogP contribution in [-0.4, -0.2) is 36.6 Å². The number of hydrogen-bond donors (Lipinski definition) is 1. The van der Waals surface area contributed by atoms with Crippen LogP contribution < -0.4 is 0 Å². The van der Waals surface area contributed by atoms with Crippen molar-refractivity contribution in [3.63, 3.8) is 0 Å². The van der Waals surface area contributed by atoms with E-state index in [1.165, 1.54) is 12.1 Å². The quantitative estimate of drug-likeness (QED) is 0.670. The van der Waals surface area contributed by atoms with Crippen molar-refractivity contribution in [2.45, 2.75) is 37.6 Å². The third kappa shape index (κ3) is 2.75. The number of aromatic nitrogens is 4. The minimum Gasteiger partial charge on any atom is -0.359 e. The lowest BCUT2D eigenvalue weighted by atomic mass is 10.1. The van der Waals surface area contributed by atoms with Crippen molar-refractivity contribution in [1.29, 1.82) is 0 Å². The summed E-state index contributed by atoms with van der Waals surface area (Å²) in [6.07, 6.45) is -1.42. The van der Waals surface area contributed by atoms with Crippen LogP contribution in [-0.2, 0) is 12.7 Å². The Kier molecular flexibility index (Phi) is 3.99. The monoisotopic (exact) mass is 421 g/mol. The number of carbonyl (C=O) groups is 1. The Balaban J connectivity index is 1.53. The summed E-state index contributed by atoms with van der Waals surface area (Å²) in [5, 5.41) is 7.98. The number of aromatic amines is 1. The van der Waals surface area contributed by atoms with Crippen LogP contribution in [0.1, 0.15) is 40.6 Å². The lowest BCUT2D eigenvalue weighted by Crippen LogP contribution is -2.44. The minimum atomic E-state index is -4.63. The van der Waals surface area contributed by atoms with Crippen molar-refractivity contribution in [3.8, 4) is 11.5 Å². The first kappa shape index (κ1) is 18.2. The first-order valence-electron chi connectivity index (χ1n) is 9.11. The van der Waals surface area contributed by atoms with E-state index >= 15 is 0 Å². The van der Waals surface area contributed by atoms with Gasteiger partial charge in [-0.2, -0.15) is 13.2 Å². The average Bonchev–Trinajstić information content (AvgIpc) is 3.39. The van der Waals surface area contributed by atoms with Gasteiger partial charge in [0.05, 0.1) is 33.9 Å². The largest absolute Gasteiger partial charge is 0.417 e. The molecule has 4 heterocycles. The van der Waals surface area contributed by atoms with Crippen molar-refractivity contribution in [2.24, 2.45) is 0 Å². The van der Waals surface area contributed by atoms with Crippen LogP contribution in [0.2, 0.25) is 5.02 Å². The van der Waals surface area contributed by atoms with Crippen molar-refractivity contribution in [2.75, 3.05) is 0 Å². The van der Waals surface area contributed by atoms with Gasteiger partial charge in [-0.05, 0) is 37.1 Å². The molecule has 1 amide bonds. The normalized spacial score (nSPS) is 20.8. The number of halogens is 4. The third-order valence-electron chi connectivity index (χ3n) is 5.58. The lowest BCUT2D eigenvalue weighted by molar-refractivity contribution is -0.137. The van der Waals surface area contributed by atoms with Gasteiger partial charge in [-0.3, -0.25) is 4.79 Å². The third-order valence-corrected chi connectivity index (χ3v) is 5.99. The van der Waals surface area contributed by atoms with Crippen molar-refractivity contribution in [3.05, 3.63) is 58.5 Å². The van der Waals surface area contributed by atoms with E-state index < -0.39 is 22.7 Å². The molecule has 2 unspecified atom stereocenters. The molecule has 0 radical (unpaired) electrons. The molecule has 3 aromatic rings. The first-order valence-corrected chi connectivity index (χ1v) is 9.49. The molecule has 1 aromatic carbocycles. The topological polar surface area (TPSA) is 66.8 Å². The standard InChI is InChI=1S/C19H15ClF3N5O/c20-15-11(3-1-4-12(15)19(21,22)23)18(29)28-10-6-7-14(28)17-26-25-16(27(17)9-10)13-5-2-8-24-13/h1-5,8,10,14,24H,6-7,9H2. The number of amides is 1. The summed E-state index contributed by atoms with van der Waals surface area (Å²) in [5.41, 5.74) is -0.327. The number of alkyl halides is 3. The number of benzene rings is 1. The van der Waals surface area contributed by atoms with Crippen LogP contribution >= 0.6 is 11.6 Å². The highest BCUT2D eigenvalue weighted by Gasteiger charge is 2.46. The van der Waals surface area contributed by atoms with Gasteiger partial charge in [-0.1, -0.05) is 17.7 Å². The number of carbonyl (C=O) groups excluding carboxylic acids is 1. The molecular formula is C19H15ClF3N5O. The highest BCUT2D eigenvalue weighted by Crippen LogP contribution is 2.44. The number of fused-ring (bicyclic) bond motifs is 4. The first-order chi connectivity index (χ1) is 13.9. The highest BCUT2D eigenvalue weighted by molar-refractivity contribution is 6.34. The van der Waals surface area contributed by atoms with Gasteiger partial charge < -0.3 is 14.5 Å². The molecule has 2 bridgehead atoms. The van der Waals surface area contributed by atoms with Crippen LogP contribution in [0, 0.1) is 0 Å². The number of nitrogens with one attached hydrogen (secondary N) is 1. The Bertz CT molecular complexity index is 1090. The summed E-state index contributed by atoms with van der Waals surface area (Å²) >= 11 is 5.99. The molecule has 0 aliphatic carbocycles. The van der Waals surface area contributed by atoms with E-state index in [1.54, 1.807) is 11.1 Å². The van der Waals surface area contributed by atoms with E-state index in [0.717, 1.165) is 18.2 Å². The Hall–Kier alpha value is -2.81. The summed E-state index contributed by atoms with van der Waals surface area (Å²) in [6.45, 7) is 0.482. The fourth-order valence-electron chi connectivity index (χ4n) is 4.30. The second kappa shape index (κ2) is 6.35. The summed E-state index contributed by atoms with van der Waals surface area (Å²) in [5.74, 6) is 0.815. The van der Waals surface area contributed by atoms with Crippen LogP contribution in [0.3, 0.4) is 0 Å². The van der Waals surface area contributed by atoms with E-state index in [-0.39, 0.29) is 17.6 Å². The average molecular weight is 422 g/mol. The van der Waals surface area contributed by atoms with Gasteiger partial charge in [0.15, 0.2) is 11.6 Å². The zero-order valence-electron chi connectivity index (χ0n) is 14.9. The molecule has 1 saturated heterocycles. The number of hydrogen-bond acceptors (Lipinski definition) is 3. The van der Waals surface area contributed by atoms with Gasteiger partial charge in [0.2, 0.25) is 0 Å². The molecule has 29 heavy (non-hydrogen) atoms. The molecule has 2 atom stereocenters. The van der Waals surface area contributed by atoms with Gasteiger partial charge >= 0.3 is 6.18 Å². The second-order valence-corrected chi connectivity index (χ2v) is 7.58. The van der Waals surface area contributed by atoms with E-state index in [9.17, 15) is 18.0 Å². The number of nitrogens with zero attached hydrogens (tertiary/aromatic N) is 4. The molecule has 5 rings (SSSR count). The Labute approximate surface area is 168 Å². The van der Waals surface area contributed by atoms with Gasteiger partial charge in [-0.15, -0.1) is 10.2 Å². The second-order valence-electron chi connectivity index (χ2n) is 7.20. The maximum Gasteiger partial charge on any atom is 0.417 e. The molecule has 10 heteroatoms.